The van der Waals surface area contributed by atoms with Crippen molar-refractivity contribution in [1.29, 1.82) is 0 Å². The van der Waals surface area contributed by atoms with Crippen molar-refractivity contribution in [1.82, 2.24) is 4.98 Å². The number of ether oxygens (including phenoxy) is 2. The van der Waals surface area contributed by atoms with E-state index in [1.54, 1.807) is 0 Å². The molecule has 1 aromatic heterocycles. The zero-order valence-electron chi connectivity index (χ0n) is 13.2. The van der Waals surface area contributed by atoms with Crippen LogP contribution in [0, 0.1) is 5.82 Å². The summed E-state index contributed by atoms with van der Waals surface area (Å²) in [7, 11) is 1.37. The van der Waals surface area contributed by atoms with E-state index in [0.717, 1.165) is 6.07 Å². The predicted molar refractivity (Wildman–Crippen MR) is 90.7 cm³/mol. The Morgan fingerprint density at radius 1 is 1.28 bits per heavy atom. The van der Waals surface area contributed by atoms with Crippen molar-refractivity contribution < 1.29 is 23.5 Å². The van der Waals surface area contributed by atoms with E-state index in [9.17, 15) is 14.0 Å². The van der Waals surface area contributed by atoms with E-state index in [0.29, 0.717) is 5.02 Å². The molecule has 0 saturated carbocycles. The van der Waals surface area contributed by atoms with Crippen LogP contribution >= 0.6 is 23.2 Å². The van der Waals surface area contributed by atoms with Crippen LogP contribution in [0.2, 0.25) is 10.0 Å². The van der Waals surface area contributed by atoms with E-state index in [4.69, 9.17) is 32.7 Å². The van der Waals surface area contributed by atoms with Gasteiger partial charge in [-0.1, -0.05) is 23.2 Å². The summed E-state index contributed by atoms with van der Waals surface area (Å²) in [4.78, 5) is 27.9. The Labute approximate surface area is 152 Å². The number of esters is 1. The predicted octanol–water partition coefficient (Wildman–Crippen LogP) is 3.72. The number of benzene rings is 1. The van der Waals surface area contributed by atoms with Crippen molar-refractivity contribution in [2.24, 2.45) is 0 Å². The molecule has 0 bridgehead atoms. The Hall–Kier alpha value is -2.38. The van der Waals surface area contributed by atoms with Gasteiger partial charge in [0.05, 0.1) is 22.7 Å². The van der Waals surface area contributed by atoms with Gasteiger partial charge in [-0.15, -0.1) is 0 Å². The molecule has 0 aliphatic carbocycles. The zero-order valence-corrected chi connectivity index (χ0v) is 14.7. The van der Waals surface area contributed by atoms with Gasteiger partial charge in [-0.05, 0) is 25.1 Å². The Morgan fingerprint density at radius 3 is 2.60 bits per heavy atom. The van der Waals surface area contributed by atoms with Crippen LogP contribution in [0.1, 0.15) is 17.3 Å². The zero-order chi connectivity index (χ0) is 18.6. The van der Waals surface area contributed by atoms with E-state index < -0.39 is 23.8 Å². The summed E-state index contributed by atoms with van der Waals surface area (Å²) in [6.45, 7) is 1.33. The number of hydrogen-bond donors (Lipinski definition) is 1. The first-order valence-corrected chi connectivity index (χ1v) is 7.74. The smallest absolute Gasteiger partial charge is 0.341 e. The Kier molecular flexibility index (Phi) is 6.17. The number of pyridine rings is 1. The van der Waals surface area contributed by atoms with Gasteiger partial charge in [0.1, 0.15) is 11.6 Å². The summed E-state index contributed by atoms with van der Waals surface area (Å²) in [5.74, 6) is -2.17. The highest BCUT2D eigenvalue weighted by Crippen LogP contribution is 2.23. The van der Waals surface area contributed by atoms with Gasteiger partial charge in [-0.2, -0.15) is 0 Å². The Balaban J connectivity index is 2.04. The maximum absolute atomic E-state index is 13.9. The molecule has 1 atom stereocenters. The maximum Gasteiger partial charge on any atom is 0.341 e. The minimum Gasteiger partial charge on any atom is -0.497 e. The SMILES string of the molecule is COc1ccc(C(=O)O[C@@H](C)C(=O)Nc2ncc(Cl)cc2Cl)c(F)c1. The van der Waals surface area contributed by atoms with E-state index in [1.807, 2.05) is 0 Å². The molecule has 9 heteroatoms. The van der Waals surface area contributed by atoms with Gasteiger partial charge in [0.15, 0.2) is 11.9 Å². The van der Waals surface area contributed by atoms with Gasteiger partial charge in [0, 0.05) is 12.3 Å². The number of hydrogen-bond acceptors (Lipinski definition) is 5. The van der Waals surface area contributed by atoms with Crippen LogP contribution in [0.4, 0.5) is 10.2 Å². The average Bonchev–Trinajstić information content (AvgIpc) is 2.56. The molecule has 1 heterocycles. The van der Waals surface area contributed by atoms with Crippen molar-refractivity contribution in [3.05, 3.63) is 51.9 Å². The minimum atomic E-state index is -1.21. The van der Waals surface area contributed by atoms with Gasteiger partial charge < -0.3 is 14.8 Å². The molecular formula is C16H13Cl2FN2O4. The number of amides is 1. The fourth-order valence-electron chi connectivity index (χ4n) is 1.79. The second kappa shape index (κ2) is 8.13. The third-order valence-corrected chi connectivity index (χ3v) is 3.59. The molecule has 0 aliphatic rings. The van der Waals surface area contributed by atoms with Gasteiger partial charge >= 0.3 is 5.97 Å². The van der Waals surface area contributed by atoms with E-state index in [2.05, 4.69) is 10.3 Å². The first-order chi connectivity index (χ1) is 11.8. The van der Waals surface area contributed by atoms with E-state index in [1.165, 1.54) is 38.4 Å². The van der Waals surface area contributed by atoms with Crippen LogP contribution in [-0.4, -0.2) is 30.1 Å². The largest absolute Gasteiger partial charge is 0.497 e. The number of methoxy groups -OCH3 is 1. The molecule has 0 radical (unpaired) electrons. The van der Waals surface area contributed by atoms with E-state index in [-0.39, 0.29) is 22.2 Å². The molecular weight excluding hydrogens is 374 g/mol. The monoisotopic (exact) mass is 386 g/mol. The third-order valence-electron chi connectivity index (χ3n) is 3.10. The summed E-state index contributed by atoms with van der Waals surface area (Å²) in [6.07, 6.45) is 0.0921. The Morgan fingerprint density at radius 2 is 2.00 bits per heavy atom. The molecule has 2 rings (SSSR count). The quantitative estimate of drug-likeness (QED) is 0.792. The lowest BCUT2D eigenvalue weighted by Gasteiger charge is -2.14. The van der Waals surface area contributed by atoms with Gasteiger partial charge in [0.2, 0.25) is 0 Å². The lowest BCUT2D eigenvalue weighted by Crippen LogP contribution is -2.30. The maximum atomic E-state index is 13.9. The van der Waals surface area contributed by atoms with Crippen molar-refractivity contribution in [3.8, 4) is 5.75 Å². The topological polar surface area (TPSA) is 77.5 Å². The molecule has 0 fully saturated rings. The van der Waals surface area contributed by atoms with Crippen LogP contribution in [0.3, 0.4) is 0 Å². The number of carbonyl (C=O) groups excluding carboxylic acids is 2. The number of carbonyl (C=O) groups is 2. The highest BCUT2D eigenvalue weighted by Gasteiger charge is 2.22. The number of rotatable bonds is 5. The molecule has 0 unspecified atom stereocenters. The average molecular weight is 387 g/mol. The molecule has 1 N–H and O–H groups in total. The molecule has 0 aliphatic heterocycles. The van der Waals surface area contributed by atoms with Crippen molar-refractivity contribution in [3.63, 3.8) is 0 Å². The summed E-state index contributed by atoms with van der Waals surface area (Å²) in [6, 6.07) is 5.05. The van der Waals surface area contributed by atoms with Gasteiger partial charge in [0.25, 0.3) is 5.91 Å². The second-order valence-corrected chi connectivity index (χ2v) is 5.71. The fraction of sp³-hybridized carbons (Fsp3) is 0.188. The van der Waals surface area contributed by atoms with Crippen molar-refractivity contribution >= 4 is 40.9 Å². The van der Waals surface area contributed by atoms with Gasteiger partial charge in [-0.25, -0.2) is 14.2 Å². The third kappa shape index (κ3) is 4.80. The summed E-state index contributed by atoms with van der Waals surface area (Å²) < 4.78 is 23.7. The standard InChI is InChI=1S/C16H13Cl2FN2O4/c1-8(15(22)21-14-12(18)5-9(17)7-20-14)25-16(23)11-4-3-10(24-2)6-13(11)19/h3-8H,1-2H3,(H,20,21,22)/t8-/m0/s1. The van der Waals surface area contributed by atoms with E-state index >= 15 is 0 Å². The lowest BCUT2D eigenvalue weighted by atomic mass is 10.2. The summed E-state index contributed by atoms with van der Waals surface area (Å²) in [5.41, 5.74) is -0.317. The van der Waals surface area contributed by atoms with Crippen LogP contribution in [-0.2, 0) is 9.53 Å². The van der Waals surface area contributed by atoms with Crippen LogP contribution < -0.4 is 10.1 Å². The number of anilines is 1. The van der Waals surface area contributed by atoms with Crippen LogP contribution in [0.15, 0.2) is 30.5 Å². The number of nitrogens with zero attached hydrogens (tertiary/aromatic N) is 1. The Bertz CT molecular complexity index is 817. The highest BCUT2D eigenvalue weighted by molar-refractivity contribution is 6.36. The molecule has 6 nitrogen and oxygen atoms in total. The van der Waals surface area contributed by atoms with Gasteiger partial charge in [-0.3, -0.25) is 4.79 Å². The van der Waals surface area contributed by atoms with Crippen LogP contribution in [0.5, 0.6) is 5.75 Å². The molecule has 25 heavy (non-hydrogen) atoms. The fourth-order valence-corrected chi connectivity index (χ4v) is 2.22. The molecule has 1 aromatic carbocycles. The highest BCUT2D eigenvalue weighted by atomic mass is 35.5. The summed E-state index contributed by atoms with van der Waals surface area (Å²) >= 11 is 11.6. The normalized spacial score (nSPS) is 11.6. The molecule has 1 amide bonds. The number of halogens is 3. The van der Waals surface area contributed by atoms with Crippen molar-refractivity contribution in [2.45, 2.75) is 13.0 Å². The summed E-state index contributed by atoms with van der Waals surface area (Å²) in [5, 5.41) is 2.82. The second-order valence-electron chi connectivity index (χ2n) is 4.87. The van der Waals surface area contributed by atoms with Crippen LogP contribution in [0.25, 0.3) is 0 Å². The molecule has 132 valence electrons. The first kappa shape index (κ1) is 19.0. The first-order valence-electron chi connectivity index (χ1n) is 6.98. The van der Waals surface area contributed by atoms with Crippen molar-refractivity contribution in [2.75, 3.05) is 12.4 Å². The molecule has 0 spiro atoms. The number of nitrogens with one attached hydrogen (secondary N) is 1. The minimum absolute atomic E-state index is 0.0644. The molecule has 0 saturated heterocycles. The number of aromatic nitrogens is 1. The lowest BCUT2D eigenvalue weighted by molar-refractivity contribution is -0.123. The molecule has 2 aromatic rings.